The number of pyridine rings is 2. The second kappa shape index (κ2) is 10.5. The Morgan fingerprint density at radius 3 is 2.57 bits per heavy atom. The van der Waals surface area contributed by atoms with Gasteiger partial charge < -0.3 is 20.5 Å². The maximum Gasteiger partial charge on any atom is 0.573 e. The molecule has 3 rings (SSSR count). The van der Waals surface area contributed by atoms with Crippen molar-refractivity contribution in [1.29, 1.82) is 0 Å². The van der Waals surface area contributed by atoms with Gasteiger partial charge in [0, 0.05) is 41.9 Å². The maximum absolute atomic E-state index is 14.5. The van der Waals surface area contributed by atoms with Crippen LogP contribution in [-0.4, -0.2) is 40.0 Å². The summed E-state index contributed by atoms with van der Waals surface area (Å²) in [5, 5.41) is 15.1. The molecule has 11 heteroatoms. The van der Waals surface area contributed by atoms with Crippen LogP contribution in [0.4, 0.5) is 28.9 Å². The Balaban J connectivity index is 2.02. The summed E-state index contributed by atoms with van der Waals surface area (Å²) >= 11 is 0. The molecule has 184 valence electrons. The molecular weight excluding hydrogens is 468 g/mol. The molecule has 0 aliphatic heterocycles. The quantitative estimate of drug-likeness (QED) is 0.382. The number of aliphatic hydroxyl groups excluding tert-OH is 1. The average Bonchev–Trinajstić information content (AvgIpc) is 2.78. The lowest BCUT2D eigenvalue weighted by Gasteiger charge is -2.17. The molecule has 0 bridgehead atoms. The summed E-state index contributed by atoms with van der Waals surface area (Å²) in [5.74, 6) is -1.89. The van der Waals surface area contributed by atoms with Crippen molar-refractivity contribution in [1.82, 2.24) is 15.3 Å². The van der Waals surface area contributed by atoms with E-state index in [4.69, 9.17) is 0 Å². The molecule has 0 saturated carbocycles. The van der Waals surface area contributed by atoms with Crippen LogP contribution in [0.5, 0.6) is 5.75 Å². The van der Waals surface area contributed by atoms with Crippen LogP contribution in [0.25, 0.3) is 16.8 Å². The minimum absolute atomic E-state index is 0.0248. The Morgan fingerprint density at radius 2 is 1.91 bits per heavy atom. The predicted octanol–water partition coefficient (Wildman–Crippen LogP) is 5.07. The van der Waals surface area contributed by atoms with Gasteiger partial charge in [-0.15, -0.1) is 13.2 Å². The highest BCUT2D eigenvalue weighted by atomic mass is 19.4. The van der Waals surface area contributed by atoms with E-state index in [1.165, 1.54) is 37.6 Å². The van der Waals surface area contributed by atoms with Crippen LogP contribution in [0.2, 0.25) is 0 Å². The molecule has 35 heavy (non-hydrogen) atoms. The third-order valence-electron chi connectivity index (χ3n) is 4.70. The number of hydrogen-bond donors (Lipinski definition) is 3. The van der Waals surface area contributed by atoms with Gasteiger partial charge in [0.1, 0.15) is 11.6 Å². The number of carbonyl (C=O) groups is 1. The van der Waals surface area contributed by atoms with Crippen LogP contribution in [0.15, 0.2) is 55.5 Å². The molecular formula is C24H22F4N4O3. The third-order valence-corrected chi connectivity index (χ3v) is 4.70. The number of amides is 1. The topological polar surface area (TPSA) is 96.4 Å². The lowest BCUT2D eigenvalue weighted by molar-refractivity contribution is -0.274. The second-order valence-corrected chi connectivity index (χ2v) is 7.69. The number of ether oxygens (including phenoxy) is 1. The third kappa shape index (κ3) is 6.76. The largest absolute Gasteiger partial charge is 0.573 e. The van der Waals surface area contributed by atoms with Gasteiger partial charge in [0.25, 0.3) is 5.91 Å². The van der Waals surface area contributed by atoms with Gasteiger partial charge in [0.15, 0.2) is 0 Å². The summed E-state index contributed by atoms with van der Waals surface area (Å²) in [6.45, 7) is 7.15. The zero-order chi connectivity index (χ0) is 25.8. The minimum atomic E-state index is -4.94. The van der Waals surface area contributed by atoms with E-state index in [0.29, 0.717) is 22.5 Å². The van der Waals surface area contributed by atoms with Crippen LogP contribution < -0.4 is 15.4 Å². The first-order chi connectivity index (χ1) is 16.4. The smallest absolute Gasteiger partial charge is 0.406 e. The molecule has 1 aromatic carbocycles. The molecule has 0 aliphatic rings. The van der Waals surface area contributed by atoms with Gasteiger partial charge in [0.2, 0.25) is 0 Å². The highest BCUT2D eigenvalue weighted by molar-refractivity contribution is 6.00. The number of halogens is 4. The van der Waals surface area contributed by atoms with E-state index in [1.54, 1.807) is 6.92 Å². The molecule has 7 nitrogen and oxygen atoms in total. The zero-order valence-corrected chi connectivity index (χ0v) is 18.8. The normalized spacial score (nSPS) is 12.1. The number of aromatic nitrogens is 2. The van der Waals surface area contributed by atoms with Crippen LogP contribution in [-0.2, 0) is 0 Å². The Kier molecular flexibility index (Phi) is 7.70. The van der Waals surface area contributed by atoms with Crippen molar-refractivity contribution >= 4 is 22.9 Å². The number of carbonyl (C=O) groups excluding carboxylic acids is 1. The van der Waals surface area contributed by atoms with Crippen LogP contribution in [0, 0.1) is 5.82 Å². The molecule has 0 fully saturated rings. The maximum atomic E-state index is 14.5. The van der Waals surface area contributed by atoms with Gasteiger partial charge in [-0.2, -0.15) is 0 Å². The molecule has 3 aromatic rings. The van der Waals surface area contributed by atoms with E-state index in [0.717, 1.165) is 18.2 Å². The van der Waals surface area contributed by atoms with E-state index < -0.39 is 29.9 Å². The van der Waals surface area contributed by atoms with Crippen molar-refractivity contribution < 1.29 is 32.2 Å². The fourth-order valence-electron chi connectivity index (χ4n) is 3.11. The van der Waals surface area contributed by atoms with Gasteiger partial charge in [-0.3, -0.25) is 14.8 Å². The first-order valence-electron chi connectivity index (χ1n) is 10.3. The van der Waals surface area contributed by atoms with Crippen molar-refractivity contribution in [3.8, 4) is 17.0 Å². The number of nitrogens with one attached hydrogen (secondary N) is 2. The predicted molar refractivity (Wildman–Crippen MR) is 123 cm³/mol. The summed E-state index contributed by atoms with van der Waals surface area (Å²) in [6.07, 6.45) is -1.51. The molecule has 2 heterocycles. The van der Waals surface area contributed by atoms with Crippen LogP contribution in [0.3, 0.4) is 0 Å². The molecule has 1 atom stereocenters. The van der Waals surface area contributed by atoms with Gasteiger partial charge in [-0.25, -0.2) is 4.39 Å². The Hall–Kier alpha value is -3.99. The van der Waals surface area contributed by atoms with Crippen LogP contribution >= 0.6 is 0 Å². The number of alkyl halides is 3. The Labute approximate surface area is 198 Å². The van der Waals surface area contributed by atoms with Crippen molar-refractivity contribution in [2.24, 2.45) is 0 Å². The molecule has 0 radical (unpaired) electrons. The molecule has 0 aliphatic carbocycles. The Morgan fingerprint density at radius 1 is 1.17 bits per heavy atom. The highest BCUT2D eigenvalue weighted by Gasteiger charge is 2.31. The van der Waals surface area contributed by atoms with E-state index in [2.05, 4.69) is 31.9 Å². The summed E-state index contributed by atoms with van der Waals surface area (Å²) in [5.41, 5.74) is 1.83. The van der Waals surface area contributed by atoms with Crippen molar-refractivity contribution in [2.45, 2.75) is 26.3 Å². The lowest BCUT2D eigenvalue weighted by Crippen LogP contribution is -2.31. The standard InChI is InChI=1S/C24H22F4N4O3/c1-13(2)17-12-30-21(16-8-15(4-5-19(16)25)35-24(26,27)28)9-22(17)32-20-6-7-29-11-18(20)23(34)31-10-14(3)33/h4-9,11-12,14,33H,1,10H2,2-3H3,(H,31,34)(H,29,30,32). The van der Waals surface area contributed by atoms with E-state index in [9.17, 15) is 27.5 Å². The number of aliphatic hydroxyl groups is 1. The molecule has 0 saturated heterocycles. The van der Waals surface area contributed by atoms with Crippen molar-refractivity contribution in [3.63, 3.8) is 0 Å². The zero-order valence-electron chi connectivity index (χ0n) is 18.8. The highest BCUT2D eigenvalue weighted by Crippen LogP contribution is 2.34. The number of rotatable bonds is 8. The molecule has 3 N–H and O–H groups in total. The number of benzene rings is 1. The number of allylic oxidation sites excluding steroid dienone is 1. The van der Waals surface area contributed by atoms with E-state index in [-0.39, 0.29) is 23.4 Å². The summed E-state index contributed by atoms with van der Waals surface area (Å²) in [4.78, 5) is 20.7. The molecule has 1 unspecified atom stereocenters. The SMILES string of the molecule is C=C(C)c1cnc(-c2cc(OC(F)(F)F)ccc2F)cc1Nc1ccncc1C(=O)NCC(C)O. The summed E-state index contributed by atoms with van der Waals surface area (Å²) in [6, 6.07) is 5.58. The van der Waals surface area contributed by atoms with E-state index >= 15 is 0 Å². The first-order valence-corrected chi connectivity index (χ1v) is 10.3. The lowest BCUT2D eigenvalue weighted by atomic mass is 10.0. The van der Waals surface area contributed by atoms with Crippen molar-refractivity contribution in [2.75, 3.05) is 11.9 Å². The van der Waals surface area contributed by atoms with E-state index in [1.807, 2.05) is 0 Å². The molecule has 1 amide bonds. The minimum Gasteiger partial charge on any atom is -0.406 e. The molecule has 2 aromatic heterocycles. The summed E-state index contributed by atoms with van der Waals surface area (Å²) < 4.78 is 56.3. The molecule has 0 spiro atoms. The average molecular weight is 490 g/mol. The van der Waals surface area contributed by atoms with Gasteiger partial charge in [-0.05, 0) is 49.8 Å². The Bertz CT molecular complexity index is 1250. The van der Waals surface area contributed by atoms with Gasteiger partial charge in [0.05, 0.1) is 23.0 Å². The monoisotopic (exact) mass is 490 g/mol. The second-order valence-electron chi connectivity index (χ2n) is 7.69. The fourth-order valence-corrected chi connectivity index (χ4v) is 3.11. The fraction of sp³-hybridized carbons (Fsp3) is 0.208. The van der Waals surface area contributed by atoms with Crippen LogP contribution in [0.1, 0.15) is 29.8 Å². The number of anilines is 2. The van der Waals surface area contributed by atoms with Gasteiger partial charge in [-0.1, -0.05) is 6.58 Å². The first kappa shape index (κ1) is 25.6. The number of hydrogen-bond acceptors (Lipinski definition) is 6. The van der Waals surface area contributed by atoms with Crippen molar-refractivity contribution in [3.05, 3.63) is 72.4 Å². The number of nitrogens with zero attached hydrogens (tertiary/aromatic N) is 2. The summed E-state index contributed by atoms with van der Waals surface area (Å²) in [7, 11) is 0. The van der Waals surface area contributed by atoms with Gasteiger partial charge >= 0.3 is 6.36 Å².